The number of likely N-dealkylation sites (tertiary alicyclic amines) is 1. The van der Waals surface area contributed by atoms with Crippen molar-refractivity contribution in [2.75, 3.05) is 0 Å². The molecule has 1 saturated carbocycles. The summed E-state index contributed by atoms with van der Waals surface area (Å²) >= 11 is 0. The molecule has 2 fully saturated rings. The summed E-state index contributed by atoms with van der Waals surface area (Å²) in [6.45, 7) is 2.99. The lowest BCUT2D eigenvalue weighted by Crippen LogP contribution is -2.54. The zero-order chi connectivity index (χ0) is 14.9. The number of carbonyl (C=O) groups excluding carboxylic acids is 2. The van der Waals surface area contributed by atoms with Crippen molar-refractivity contribution in [2.45, 2.75) is 70.0 Å². The Hall–Kier alpha value is -1.43. The highest BCUT2D eigenvalue weighted by Crippen LogP contribution is 2.27. The first-order valence-electron chi connectivity index (χ1n) is 7.20. The van der Waals surface area contributed by atoms with Crippen molar-refractivity contribution < 1.29 is 19.5 Å². The maximum atomic E-state index is 12.4. The van der Waals surface area contributed by atoms with Gasteiger partial charge in [0, 0.05) is 6.04 Å². The van der Waals surface area contributed by atoms with Crippen LogP contribution in [-0.4, -0.2) is 45.4 Å². The summed E-state index contributed by atoms with van der Waals surface area (Å²) < 4.78 is 0. The molecule has 112 valence electrons. The normalized spacial score (nSPS) is 25.3. The van der Waals surface area contributed by atoms with Crippen molar-refractivity contribution >= 4 is 17.8 Å². The second-order valence-corrected chi connectivity index (χ2v) is 6.23. The van der Waals surface area contributed by atoms with Crippen molar-refractivity contribution in [3.05, 3.63) is 0 Å². The molecule has 0 radical (unpaired) electrons. The molecule has 2 N–H and O–H groups in total. The van der Waals surface area contributed by atoms with Gasteiger partial charge in [-0.15, -0.1) is 0 Å². The SMILES string of the molecule is CC(C)(NC1CC(=O)N(C2CCCCC2)C1=O)C(=O)O. The van der Waals surface area contributed by atoms with E-state index in [1.54, 1.807) is 0 Å². The van der Waals surface area contributed by atoms with Gasteiger partial charge in [0.1, 0.15) is 5.54 Å². The maximum Gasteiger partial charge on any atom is 0.323 e. The summed E-state index contributed by atoms with van der Waals surface area (Å²) in [6.07, 6.45) is 5.03. The van der Waals surface area contributed by atoms with Crippen molar-refractivity contribution in [3.63, 3.8) is 0 Å². The molecule has 6 nitrogen and oxygen atoms in total. The van der Waals surface area contributed by atoms with Gasteiger partial charge in [-0.1, -0.05) is 19.3 Å². The number of carboxylic acids is 1. The Morgan fingerprint density at radius 2 is 1.85 bits per heavy atom. The molecule has 2 rings (SSSR count). The number of rotatable bonds is 4. The minimum Gasteiger partial charge on any atom is -0.480 e. The van der Waals surface area contributed by atoms with Gasteiger partial charge in [-0.2, -0.15) is 0 Å². The molecule has 1 aliphatic heterocycles. The van der Waals surface area contributed by atoms with Crippen molar-refractivity contribution in [1.82, 2.24) is 10.2 Å². The van der Waals surface area contributed by atoms with Crippen LogP contribution in [0.2, 0.25) is 0 Å². The number of carbonyl (C=O) groups is 3. The van der Waals surface area contributed by atoms with Crippen molar-refractivity contribution in [1.29, 1.82) is 0 Å². The van der Waals surface area contributed by atoms with Crippen LogP contribution in [0.15, 0.2) is 0 Å². The maximum absolute atomic E-state index is 12.4. The molecule has 1 saturated heterocycles. The van der Waals surface area contributed by atoms with Crippen LogP contribution >= 0.6 is 0 Å². The van der Waals surface area contributed by atoms with Crippen LogP contribution in [0.1, 0.15) is 52.4 Å². The first kappa shape index (κ1) is 15.0. The number of imide groups is 1. The summed E-state index contributed by atoms with van der Waals surface area (Å²) in [6, 6.07) is -0.709. The van der Waals surface area contributed by atoms with E-state index in [9.17, 15) is 14.4 Å². The van der Waals surface area contributed by atoms with Crippen molar-refractivity contribution in [3.8, 4) is 0 Å². The highest BCUT2D eigenvalue weighted by atomic mass is 16.4. The van der Waals surface area contributed by atoms with E-state index < -0.39 is 17.6 Å². The highest BCUT2D eigenvalue weighted by molar-refractivity contribution is 6.06. The molecule has 0 aromatic carbocycles. The van der Waals surface area contributed by atoms with Crippen molar-refractivity contribution in [2.24, 2.45) is 0 Å². The fraction of sp³-hybridized carbons (Fsp3) is 0.786. The first-order chi connectivity index (χ1) is 9.33. The lowest BCUT2D eigenvalue weighted by atomic mass is 9.94. The predicted molar refractivity (Wildman–Crippen MR) is 72.0 cm³/mol. The molecule has 1 unspecified atom stereocenters. The van der Waals surface area contributed by atoms with Gasteiger partial charge in [0.2, 0.25) is 11.8 Å². The quantitative estimate of drug-likeness (QED) is 0.748. The van der Waals surface area contributed by atoms with Gasteiger partial charge in [-0.25, -0.2) is 0 Å². The Bertz CT molecular complexity index is 427. The zero-order valence-electron chi connectivity index (χ0n) is 12.0. The van der Waals surface area contributed by atoms with Gasteiger partial charge < -0.3 is 5.11 Å². The summed E-state index contributed by atoms with van der Waals surface area (Å²) in [4.78, 5) is 36.9. The van der Waals surface area contributed by atoms with E-state index in [0.29, 0.717) is 0 Å². The van der Waals surface area contributed by atoms with Gasteiger partial charge in [0.15, 0.2) is 0 Å². The van der Waals surface area contributed by atoms with Crippen LogP contribution in [0.25, 0.3) is 0 Å². The van der Waals surface area contributed by atoms with E-state index in [1.165, 1.54) is 18.7 Å². The third kappa shape index (κ3) is 2.85. The second kappa shape index (κ2) is 5.52. The fourth-order valence-corrected chi connectivity index (χ4v) is 2.98. The third-order valence-corrected chi connectivity index (χ3v) is 4.19. The van der Waals surface area contributed by atoms with E-state index in [0.717, 1.165) is 32.1 Å². The monoisotopic (exact) mass is 282 g/mol. The fourth-order valence-electron chi connectivity index (χ4n) is 2.98. The van der Waals surface area contributed by atoms with E-state index in [4.69, 9.17) is 5.11 Å². The Morgan fingerprint density at radius 1 is 1.25 bits per heavy atom. The smallest absolute Gasteiger partial charge is 0.323 e. The number of nitrogens with one attached hydrogen (secondary N) is 1. The molecule has 0 aromatic rings. The van der Waals surface area contributed by atoms with Crippen LogP contribution in [0.4, 0.5) is 0 Å². The molecule has 0 spiro atoms. The molecule has 1 heterocycles. The van der Waals surface area contributed by atoms with E-state index in [-0.39, 0.29) is 24.3 Å². The van der Waals surface area contributed by atoms with Gasteiger partial charge in [-0.05, 0) is 26.7 Å². The number of amides is 2. The largest absolute Gasteiger partial charge is 0.480 e. The summed E-state index contributed by atoms with van der Waals surface area (Å²) in [7, 11) is 0. The van der Waals surface area contributed by atoms with Gasteiger partial charge >= 0.3 is 5.97 Å². The van der Waals surface area contributed by atoms with Crippen LogP contribution in [0.3, 0.4) is 0 Å². The van der Waals surface area contributed by atoms with Crippen LogP contribution in [0.5, 0.6) is 0 Å². The lowest BCUT2D eigenvalue weighted by molar-refractivity contribution is -0.144. The van der Waals surface area contributed by atoms with Gasteiger partial charge in [0.05, 0.1) is 12.5 Å². The Morgan fingerprint density at radius 3 is 2.40 bits per heavy atom. The van der Waals surface area contributed by atoms with Crippen LogP contribution in [0, 0.1) is 0 Å². The summed E-state index contributed by atoms with van der Waals surface area (Å²) in [5, 5.41) is 11.9. The minimum absolute atomic E-state index is 0.00323. The molecule has 2 aliphatic rings. The standard InChI is InChI=1S/C14H22N2O4/c1-14(2,13(19)20)15-10-8-11(17)16(12(10)18)9-6-4-3-5-7-9/h9-10,15H,3-8H2,1-2H3,(H,19,20). The molecule has 6 heteroatoms. The Balaban J connectivity index is 2.06. The van der Waals surface area contributed by atoms with E-state index >= 15 is 0 Å². The minimum atomic E-state index is -1.22. The average molecular weight is 282 g/mol. The molecule has 1 atom stereocenters. The summed E-state index contributed by atoms with van der Waals surface area (Å²) in [5.74, 6) is -1.48. The van der Waals surface area contributed by atoms with Crippen LogP contribution in [-0.2, 0) is 14.4 Å². The highest BCUT2D eigenvalue weighted by Gasteiger charge is 2.45. The average Bonchev–Trinajstić information content (AvgIpc) is 2.64. The lowest BCUT2D eigenvalue weighted by Gasteiger charge is -2.30. The second-order valence-electron chi connectivity index (χ2n) is 6.23. The number of hydrogen-bond acceptors (Lipinski definition) is 4. The van der Waals surface area contributed by atoms with Gasteiger partial charge in [0.25, 0.3) is 0 Å². The predicted octanol–water partition coefficient (Wildman–Crippen LogP) is 0.899. The molecular formula is C14H22N2O4. The number of nitrogens with zero attached hydrogens (tertiary/aromatic N) is 1. The number of carboxylic acid groups (broad SMARTS) is 1. The molecule has 0 aromatic heterocycles. The number of aliphatic carboxylic acids is 1. The molecule has 1 aliphatic carbocycles. The third-order valence-electron chi connectivity index (χ3n) is 4.19. The van der Waals surface area contributed by atoms with E-state index in [2.05, 4.69) is 5.32 Å². The molecule has 0 bridgehead atoms. The topological polar surface area (TPSA) is 86.7 Å². The van der Waals surface area contributed by atoms with Gasteiger partial charge in [-0.3, -0.25) is 24.6 Å². The first-order valence-corrected chi connectivity index (χ1v) is 7.20. The summed E-state index contributed by atoms with van der Waals surface area (Å²) in [5.41, 5.74) is -1.22. The van der Waals surface area contributed by atoms with E-state index in [1.807, 2.05) is 0 Å². The Labute approximate surface area is 118 Å². The molecule has 2 amide bonds. The Kier molecular flexibility index (Phi) is 4.13. The zero-order valence-corrected chi connectivity index (χ0v) is 12.0. The van der Waals surface area contributed by atoms with Crippen LogP contribution < -0.4 is 5.32 Å². The molecular weight excluding hydrogens is 260 g/mol. The number of hydrogen-bond donors (Lipinski definition) is 2. The molecule has 20 heavy (non-hydrogen) atoms.